The number of carbonyl (C=O) groups is 1. The third-order valence-corrected chi connectivity index (χ3v) is 4.34. The van der Waals surface area contributed by atoms with Crippen molar-refractivity contribution in [2.75, 3.05) is 6.54 Å². The minimum Gasteiger partial charge on any atom is -0.324 e. The number of hydrogen-bond donors (Lipinski definition) is 1. The lowest BCUT2D eigenvalue weighted by Crippen LogP contribution is -2.30. The Morgan fingerprint density at radius 2 is 1.92 bits per heavy atom. The van der Waals surface area contributed by atoms with Crippen molar-refractivity contribution in [1.29, 1.82) is 0 Å². The lowest BCUT2D eigenvalue weighted by atomic mass is 9.99. The summed E-state index contributed by atoms with van der Waals surface area (Å²) in [7, 11) is 0. The summed E-state index contributed by atoms with van der Waals surface area (Å²) in [5, 5.41) is 7.38. The van der Waals surface area contributed by atoms with E-state index >= 15 is 0 Å². The highest BCUT2D eigenvalue weighted by atomic mass is 16.2. The van der Waals surface area contributed by atoms with E-state index in [9.17, 15) is 4.79 Å². The Morgan fingerprint density at radius 1 is 1.12 bits per heavy atom. The standard InChI is InChI=1S/C19H18N4O/c1-2-12-23-18(14-10-6-7-11-20-14)15-16(13-8-4-3-5-9-13)21-22-17(15)19(23)24/h3-11,18H,2,12H2,1H3,(H,21,22)/t18-/m0/s1. The molecule has 5 nitrogen and oxygen atoms in total. The maximum Gasteiger partial charge on any atom is 0.273 e. The second kappa shape index (κ2) is 5.92. The Kier molecular flexibility index (Phi) is 3.61. The first kappa shape index (κ1) is 14.6. The van der Waals surface area contributed by atoms with Gasteiger partial charge in [-0.25, -0.2) is 0 Å². The number of nitrogens with zero attached hydrogens (tertiary/aromatic N) is 3. The van der Waals surface area contributed by atoms with E-state index in [0.29, 0.717) is 12.2 Å². The summed E-state index contributed by atoms with van der Waals surface area (Å²) in [6, 6.07) is 15.6. The van der Waals surface area contributed by atoms with Gasteiger partial charge in [0.1, 0.15) is 11.7 Å². The van der Waals surface area contributed by atoms with Gasteiger partial charge in [0.15, 0.2) is 0 Å². The molecule has 0 radical (unpaired) electrons. The summed E-state index contributed by atoms with van der Waals surface area (Å²) in [6.07, 6.45) is 2.66. The van der Waals surface area contributed by atoms with Crippen LogP contribution >= 0.6 is 0 Å². The van der Waals surface area contributed by atoms with Crippen molar-refractivity contribution in [3.8, 4) is 11.3 Å². The molecule has 0 aliphatic carbocycles. The number of H-pyrrole nitrogens is 1. The molecule has 3 heterocycles. The maximum absolute atomic E-state index is 12.8. The average molecular weight is 318 g/mol. The third kappa shape index (κ3) is 2.21. The normalized spacial score (nSPS) is 16.5. The second-order valence-corrected chi connectivity index (χ2v) is 5.88. The molecular weight excluding hydrogens is 300 g/mol. The van der Waals surface area contributed by atoms with E-state index in [1.54, 1.807) is 6.20 Å². The molecule has 0 unspecified atom stereocenters. The maximum atomic E-state index is 12.8. The number of amides is 1. The van der Waals surface area contributed by atoms with Gasteiger partial charge >= 0.3 is 0 Å². The van der Waals surface area contributed by atoms with Crippen molar-refractivity contribution >= 4 is 5.91 Å². The number of carbonyl (C=O) groups excluding carboxylic acids is 1. The molecule has 1 atom stereocenters. The fourth-order valence-corrected chi connectivity index (χ4v) is 3.33. The summed E-state index contributed by atoms with van der Waals surface area (Å²) < 4.78 is 0. The zero-order chi connectivity index (χ0) is 16.5. The van der Waals surface area contributed by atoms with Crippen LogP contribution in [0.15, 0.2) is 54.7 Å². The summed E-state index contributed by atoms with van der Waals surface area (Å²) >= 11 is 0. The van der Waals surface area contributed by atoms with Crippen molar-refractivity contribution in [3.63, 3.8) is 0 Å². The van der Waals surface area contributed by atoms with Gasteiger partial charge in [0, 0.05) is 23.9 Å². The van der Waals surface area contributed by atoms with Gasteiger partial charge in [-0.3, -0.25) is 14.9 Å². The first-order chi connectivity index (χ1) is 11.8. The van der Waals surface area contributed by atoms with Crippen molar-refractivity contribution in [1.82, 2.24) is 20.1 Å². The van der Waals surface area contributed by atoms with Crippen LogP contribution < -0.4 is 0 Å². The zero-order valence-corrected chi connectivity index (χ0v) is 13.4. The van der Waals surface area contributed by atoms with Crippen molar-refractivity contribution in [3.05, 3.63) is 71.7 Å². The Bertz CT molecular complexity index is 858. The fraction of sp³-hybridized carbons (Fsp3) is 0.211. The Hall–Kier alpha value is -2.95. The smallest absolute Gasteiger partial charge is 0.273 e. The Labute approximate surface area is 140 Å². The molecule has 0 fully saturated rings. The Morgan fingerprint density at radius 3 is 2.62 bits per heavy atom. The van der Waals surface area contributed by atoms with Crippen LogP contribution in [0.4, 0.5) is 0 Å². The molecule has 1 aliphatic rings. The van der Waals surface area contributed by atoms with Gasteiger partial charge < -0.3 is 4.90 Å². The quantitative estimate of drug-likeness (QED) is 0.801. The van der Waals surface area contributed by atoms with E-state index in [1.807, 2.05) is 53.4 Å². The van der Waals surface area contributed by atoms with Crippen molar-refractivity contribution in [2.24, 2.45) is 0 Å². The van der Waals surface area contributed by atoms with Crippen LogP contribution in [-0.2, 0) is 0 Å². The van der Waals surface area contributed by atoms with E-state index in [4.69, 9.17) is 0 Å². The van der Waals surface area contributed by atoms with Gasteiger partial charge in [0.2, 0.25) is 0 Å². The molecule has 4 rings (SSSR count). The molecule has 0 bridgehead atoms. The molecular formula is C19H18N4O. The third-order valence-electron chi connectivity index (χ3n) is 4.34. The summed E-state index contributed by atoms with van der Waals surface area (Å²) in [5.41, 5.74) is 4.21. The lowest BCUT2D eigenvalue weighted by Gasteiger charge is -2.25. The number of pyridine rings is 1. The van der Waals surface area contributed by atoms with Gasteiger partial charge in [0.25, 0.3) is 5.91 Å². The van der Waals surface area contributed by atoms with Crippen molar-refractivity contribution < 1.29 is 4.79 Å². The number of nitrogens with one attached hydrogen (secondary N) is 1. The number of aromatic amines is 1. The van der Waals surface area contributed by atoms with Crippen LogP contribution in [0.3, 0.4) is 0 Å². The highest BCUT2D eigenvalue weighted by Gasteiger charge is 2.42. The van der Waals surface area contributed by atoms with Crippen LogP contribution in [0.1, 0.15) is 41.1 Å². The molecule has 5 heteroatoms. The summed E-state index contributed by atoms with van der Waals surface area (Å²) in [5.74, 6) is -0.00261. The zero-order valence-electron chi connectivity index (χ0n) is 13.4. The first-order valence-electron chi connectivity index (χ1n) is 8.16. The molecule has 0 saturated carbocycles. The van der Waals surface area contributed by atoms with Crippen LogP contribution in [0.2, 0.25) is 0 Å². The van der Waals surface area contributed by atoms with Crippen LogP contribution in [-0.4, -0.2) is 32.5 Å². The van der Waals surface area contributed by atoms with Gasteiger partial charge in [-0.2, -0.15) is 5.10 Å². The number of aromatic nitrogens is 3. The lowest BCUT2D eigenvalue weighted by molar-refractivity contribution is 0.0741. The number of rotatable bonds is 4. The molecule has 1 N–H and O–H groups in total. The predicted molar refractivity (Wildman–Crippen MR) is 91.4 cm³/mol. The molecule has 120 valence electrons. The number of benzene rings is 1. The molecule has 2 aromatic heterocycles. The van der Waals surface area contributed by atoms with Crippen molar-refractivity contribution in [2.45, 2.75) is 19.4 Å². The summed E-state index contributed by atoms with van der Waals surface area (Å²) in [6.45, 7) is 2.77. The monoisotopic (exact) mass is 318 g/mol. The van der Waals surface area contributed by atoms with Gasteiger partial charge in [0.05, 0.1) is 11.4 Å². The van der Waals surface area contributed by atoms with Crippen LogP contribution in [0, 0.1) is 0 Å². The molecule has 1 aromatic carbocycles. The van der Waals surface area contributed by atoms with Crippen LogP contribution in [0.5, 0.6) is 0 Å². The largest absolute Gasteiger partial charge is 0.324 e. The number of fused-ring (bicyclic) bond motifs is 1. The first-order valence-corrected chi connectivity index (χ1v) is 8.16. The minimum atomic E-state index is -0.192. The minimum absolute atomic E-state index is 0.00261. The van der Waals surface area contributed by atoms with E-state index in [-0.39, 0.29) is 11.9 Å². The fourth-order valence-electron chi connectivity index (χ4n) is 3.33. The molecule has 1 amide bonds. The van der Waals surface area contributed by atoms with Gasteiger partial charge in [-0.15, -0.1) is 0 Å². The van der Waals surface area contributed by atoms with Gasteiger partial charge in [-0.05, 0) is 18.6 Å². The van der Waals surface area contributed by atoms with E-state index < -0.39 is 0 Å². The highest BCUT2D eigenvalue weighted by Crippen LogP contribution is 2.41. The highest BCUT2D eigenvalue weighted by molar-refractivity contribution is 6.00. The predicted octanol–water partition coefficient (Wildman–Crippen LogP) is 3.43. The molecule has 24 heavy (non-hydrogen) atoms. The molecule has 3 aromatic rings. The van der Waals surface area contributed by atoms with E-state index in [1.165, 1.54) is 0 Å². The topological polar surface area (TPSA) is 61.9 Å². The Balaban J connectivity index is 1.90. The number of hydrogen-bond acceptors (Lipinski definition) is 3. The van der Waals surface area contributed by atoms with Crippen LogP contribution in [0.25, 0.3) is 11.3 Å². The molecule has 1 aliphatic heterocycles. The van der Waals surface area contributed by atoms with Gasteiger partial charge in [-0.1, -0.05) is 43.3 Å². The molecule has 0 spiro atoms. The second-order valence-electron chi connectivity index (χ2n) is 5.88. The molecule has 0 saturated heterocycles. The SMILES string of the molecule is CCCN1C(=O)c2[nH]nc(-c3ccccc3)c2[C@@H]1c1ccccn1. The summed E-state index contributed by atoms with van der Waals surface area (Å²) in [4.78, 5) is 19.2. The van der Waals surface area contributed by atoms with E-state index in [0.717, 1.165) is 28.9 Å². The van der Waals surface area contributed by atoms with E-state index in [2.05, 4.69) is 22.1 Å². The average Bonchev–Trinajstić information content (AvgIpc) is 3.17.